The van der Waals surface area contributed by atoms with Crippen molar-refractivity contribution in [3.05, 3.63) is 11.6 Å². The first-order valence-corrected chi connectivity index (χ1v) is 5.66. The molecule has 0 aromatic rings. The molecule has 0 aromatic carbocycles. The standard InChI is InChI=1S/C12H21NO3/c1-4-6-9(2)11(14)13-8-5-7-10(3)12(15)16/h6,10H,4-5,7-8H2,1-3H3,(H,13,14)(H,15,16)/b9-6-. The average Bonchev–Trinajstić information content (AvgIpc) is 2.23. The van der Waals surface area contributed by atoms with Gasteiger partial charge in [-0.1, -0.05) is 19.9 Å². The molecule has 0 aliphatic heterocycles. The van der Waals surface area contributed by atoms with Gasteiger partial charge in [0.1, 0.15) is 0 Å². The third-order valence-corrected chi connectivity index (χ3v) is 2.39. The average molecular weight is 227 g/mol. The van der Waals surface area contributed by atoms with Gasteiger partial charge in [0.2, 0.25) is 5.91 Å². The predicted octanol–water partition coefficient (Wildman–Crippen LogP) is 1.96. The largest absolute Gasteiger partial charge is 0.481 e. The van der Waals surface area contributed by atoms with Crippen LogP contribution in [0.2, 0.25) is 0 Å². The molecule has 0 aromatic heterocycles. The van der Waals surface area contributed by atoms with E-state index in [0.29, 0.717) is 25.0 Å². The van der Waals surface area contributed by atoms with Crippen LogP contribution < -0.4 is 5.32 Å². The minimum Gasteiger partial charge on any atom is -0.481 e. The zero-order chi connectivity index (χ0) is 12.6. The lowest BCUT2D eigenvalue weighted by Crippen LogP contribution is -2.25. The van der Waals surface area contributed by atoms with Gasteiger partial charge in [-0.3, -0.25) is 9.59 Å². The number of carboxylic acid groups (broad SMARTS) is 1. The lowest BCUT2D eigenvalue weighted by molar-refractivity contribution is -0.141. The van der Waals surface area contributed by atoms with Gasteiger partial charge in [0, 0.05) is 12.1 Å². The van der Waals surface area contributed by atoms with Crippen molar-refractivity contribution in [3.63, 3.8) is 0 Å². The first kappa shape index (κ1) is 14.7. The second kappa shape index (κ2) is 7.91. The van der Waals surface area contributed by atoms with Crippen LogP contribution in [0.25, 0.3) is 0 Å². The van der Waals surface area contributed by atoms with E-state index >= 15 is 0 Å². The fraction of sp³-hybridized carbons (Fsp3) is 0.667. The molecule has 4 heteroatoms. The Hall–Kier alpha value is -1.32. The highest BCUT2D eigenvalue weighted by Gasteiger charge is 2.10. The SMILES string of the molecule is CC/C=C(/C)C(=O)NCCCC(C)C(=O)O. The number of hydrogen-bond acceptors (Lipinski definition) is 2. The van der Waals surface area contributed by atoms with Crippen LogP contribution >= 0.6 is 0 Å². The van der Waals surface area contributed by atoms with E-state index in [0.717, 1.165) is 6.42 Å². The molecular weight excluding hydrogens is 206 g/mol. The molecule has 1 unspecified atom stereocenters. The van der Waals surface area contributed by atoms with E-state index in [1.54, 1.807) is 13.8 Å². The highest BCUT2D eigenvalue weighted by molar-refractivity contribution is 5.92. The quantitative estimate of drug-likeness (QED) is 0.516. The van der Waals surface area contributed by atoms with E-state index in [1.807, 2.05) is 13.0 Å². The van der Waals surface area contributed by atoms with E-state index in [4.69, 9.17) is 5.11 Å². The smallest absolute Gasteiger partial charge is 0.306 e. The fourth-order valence-electron chi connectivity index (χ4n) is 1.27. The van der Waals surface area contributed by atoms with E-state index in [1.165, 1.54) is 0 Å². The molecule has 0 fully saturated rings. The lowest BCUT2D eigenvalue weighted by atomic mass is 10.1. The predicted molar refractivity (Wildman–Crippen MR) is 63.1 cm³/mol. The van der Waals surface area contributed by atoms with Gasteiger partial charge in [-0.15, -0.1) is 0 Å². The van der Waals surface area contributed by atoms with Gasteiger partial charge in [0.15, 0.2) is 0 Å². The zero-order valence-electron chi connectivity index (χ0n) is 10.2. The highest BCUT2D eigenvalue weighted by Crippen LogP contribution is 2.04. The summed E-state index contributed by atoms with van der Waals surface area (Å²) in [6.45, 7) is 5.96. The summed E-state index contributed by atoms with van der Waals surface area (Å²) in [5.41, 5.74) is 0.716. The van der Waals surface area contributed by atoms with Gasteiger partial charge in [-0.25, -0.2) is 0 Å². The maximum atomic E-state index is 11.4. The number of carboxylic acids is 1. The summed E-state index contributed by atoms with van der Waals surface area (Å²) < 4.78 is 0. The van der Waals surface area contributed by atoms with Crippen molar-refractivity contribution in [2.75, 3.05) is 6.54 Å². The maximum Gasteiger partial charge on any atom is 0.306 e. The Kier molecular flexibility index (Phi) is 7.25. The molecule has 0 radical (unpaired) electrons. The van der Waals surface area contributed by atoms with Crippen molar-refractivity contribution in [3.8, 4) is 0 Å². The number of aliphatic carboxylic acids is 1. The Bertz CT molecular complexity index is 271. The molecule has 0 saturated heterocycles. The second-order valence-electron chi connectivity index (χ2n) is 3.93. The third-order valence-electron chi connectivity index (χ3n) is 2.39. The van der Waals surface area contributed by atoms with Crippen LogP contribution in [0.3, 0.4) is 0 Å². The molecule has 0 bridgehead atoms. The Balaban J connectivity index is 3.71. The molecule has 0 aliphatic carbocycles. The Labute approximate surface area is 96.7 Å². The Morgan fingerprint density at radius 2 is 2.06 bits per heavy atom. The zero-order valence-corrected chi connectivity index (χ0v) is 10.2. The normalized spacial score (nSPS) is 13.3. The lowest BCUT2D eigenvalue weighted by Gasteiger charge is -2.07. The summed E-state index contributed by atoms with van der Waals surface area (Å²) in [6, 6.07) is 0. The van der Waals surface area contributed by atoms with Gasteiger partial charge in [-0.2, -0.15) is 0 Å². The van der Waals surface area contributed by atoms with E-state index in [2.05, 4.69) is 5.32 Å². The topological polar surface area (TPSA) is 66.4 Å². The monoisotopic (exact) mass is 227 g/mol. The first-order chi connectivity index (χ1) is 7.49. The molecular formula is C12H21NO3. The van der Waals surface area contributed by atoms with Gasteiger partial charge < -0.3 is 10.4 Å². The van der Waals surface area contributed by atoms with Gasteiger partial charge in [0.25, 0.3) is 0 Å². The highest BCUT2D eigenvalue weighted by atomic mass is 16.4. The van der Waals surface area contributed by atoms with Crippen molar-refractivity contribution in [2.24, 2.45) is 5.92 Å². The molecule has 92 valence electrons. The van der Waals surface area contributed by atoms with Crippen LogP contribution in [0.15, 0.2) is 11.6 Å². The van der Waals surface area contributed by atoms with E-state index in [-0.39, 0.29) is 11.8 Å². The Morgan fingerprint density at radius 3 is 2.56 bits per heavy atom. The summed E-state index contributed by atoms with van der Waals surface area (Å²) in [5.74, 6) is -1.19. The van der Waals surface area contributed by atoms with Crippen molar-refractivity contribution < 1.29 is 14.7 Å². The van der Waals surface area contributed by atoms with Crippen LogP contribution in [0.4, 0.5) is 0 Å². The van der Waals surface area contributed by atoms with E-state index < -0.39 is 5.97 Å². The summed E-state index contributed by atoms with van der Waals surface area (Å²) in [6.07, 6.45) is 4.00. The first-order valence-electron chi connectivity index (χ1n) is 5.66. The molecule has 4 nitrogen and oxygen atoms in total. The van der Waals surface area contributed by atoms with Crippen molar-refractivity contribution in [2.45, 2.75) is 40.0 Å². The number of rotatable bonds is 7. The van der Waals surface area contributed by atoms with Gasteiger partial charge >= 0.3 is 5.97 Å². The molecule has 1 amide bonds. The van der Waals surface area contributed by atoms with Crippen LogP contribution in [0.5, 0.6) is 0 Å². The maximum absolute atomic E-state index is 11.4. The molecule has 2 N–H and O–H groups in total. The van der Waals surface area contributed by atoms with Crippen molar-refractivity contribution in [1.29, 1.82) is 0 Å². The molecule has 0 heterocycles. The van der Waals surface area contributed by atoms with Gasteiger partial charge in [-0.05, 0) is 26.2 Å². The molecule has 1 atom stereocenters. The van der Waals surface area contributed by atoms with Crippen LogP contribution in [0.1, 0.15) is 40.0 Å². The summed E-state index contributed by atoms with van der Waals surface area (Å²) in [5, 5.41) is 11.4. The van der Waals surface area contributed by atoms with E-state index in [9.17, 15) is 9.59 Å². The molecule has 0 rings (SSSR count). The van der Waals surface area contributed by atoms with Crippen molar-refractivity contribution in [1.82, 2.24) is 5.32 Å². The number of carbonyl (C=O) groups is 2. The molecule has 0 spiro atoms. The fourth-order valence-corrected chi connectivity index (χ4v) is 1.27. The van der Waals surface area contributed by atoms with Crippen molar-refractivity contribution >= 4 is 11.9 Å². The third kappa shape index (κ3) is 6.22. The van der Waals surface area contributed by atoms with Crippen LogP contribution in [0, 0.1) is 5.92 Å². The summed E-state index contributed by atoms with van der Waals surface area (Å²) in [4.78, 5) is 21.9. The number of allylic oxidation sites excluding steroid dienone is 1. The number of amides is 1. The summed E-state index contributed by atoms with van der Waals surface area (Å²) >= 11 is 0. The number of hydrogen-bond donors (Lipinski definition) is 2. The molecule has 16 heavy (non-hydrogen) atoms. The second-order valence-corrected chi connectivity index (χ2v) is 3.93. The minimum absolute atomic E-state index is 0.0650. The van der Waals surface area contributed by atoms with Crippen LogP contribution in [-0.2, 0) is 9.59 Å². The van der Waals surface area contributed by atoms with Gasteiger partial charge in [0.05, 0.1) is 5.92 Å². The molecule has 0 saturated carbocycles. The molecule has 0 aliphatic rings. The number of nitrogens with one attached hydrogen (secondary N) is 1. The number of carbonyl (C=O) groups excluding carboxylic acids is 1. The summed E-state index contributed by atoms with van der Waals surface area (Å²) in [7, 11) is 0. The minimum atomic E-state index is -0.784. The van der Waals surface area contributed by atoms with Crippen LogP contribution in [-0.4, -0.2) is 23.5 Å². The Morgan fingerprint density at radius 1 is 1.44 bits per heavy atom.